The van der Waals surface area contributed by atoms with Crippen LogP contribution in [0.2, 0.25) is 0 Å². The number of fused-ring (bicyclic) bond motifs is 3. The number of amides is 1. The van der Waals surface area contributed by atoms with Gasteiger partial charge in [0.1, 0.15) is 12.3 Å². The molecule has 1 aliphatic carbocycles. The summed E-state index contributed by atoms with van der Waals surface area (Å²) >= 11 is 0. The second-order valence-electron chi connectivity index (χ2n) is 7.11. The molecule has 0 spiro atoms. The van der Waals surface area contributed by atoms with E-state index in [2.05, 4.69) is 0 Å². The van der Waals surface area contributed by atoms with Crippen molar-refractivity contribution in [3.63, 3.8) is 0 Å². The Morgan fingerprint density at radius 3 is 2.71 bits per heavy atom. The first-order valence-corrected chi connectivity index (χ1v) is 8.74. The third-order valence-electron chi connectivity index (χ3n) is 5.66. The van der Waals surface area contributed by atoms with Gasteiger partial charge in [0.25, 0.3) is 0 Å². The van der Waals surface area contributed by atoms with Gasteiger partial charge in [0, 0.05) is 42.0 Å². The molecule has 1 aliphatic heterocycles. The first-order chi connectivity index (χ1) is 11.7. The summed E-state index contributed by atoms with van der Waals surface area (Å²) in [4.78, 5) is 14.7. The van der Waals surface area contributed by atoms with Gasteiger partial charge in [-0.2, -0.15) is 0 Å². The molecule has 128 valence electrons. The van der Waals surface area contributed by atoms with Gasteiger partial charge in [-0.1, -0.05) is 6.42 Å². The number of ether oxygens (including phenoxy) is 1. The number of nitrogens with zero attached hydrogens (tertiary/aromatic N) is 2. The standard InChI is InChI=1S/C19H24N2O3/c1-24-16-5-6-17-13(9-16)7-8-20(17)12-18(22)21-10-14-3-2-4-15(11-21)19(14)23/h5-9,14-15,19,23H,2-4,10-12H2,1H3/t14-,15+,19?. The molecular formula is C19H24N2O3. The summed E-state index contributed by atoms with van der Waals surface area (Å²) in [5.74, 6) is 1.48. The Morgan fingerprint density at radius 1 is 1.25 bits per heavy atom. The van der Waals surface area contributed by atoms with Gasteiger partial charge in [0.15, 0.2) is 0 Å². The first-order valence-electron chi connectivity index (χ1n) is 8.74. The molecule has 2 bridgehead atoms. The van der Waals surface area contributed by atoms with Crippen LogP contribution in [-0.4, -0.2) is 46.8 Å². The molecule has 1 saturated carbocycles. The summed E-state index contributed by atoms with van der Waals surface area (Å²) in [6.45, 7) is 1.75. The molecule has 3 atom stereocenters. The van der Waals surface area contributed by atoms with Crippen molar-refractivity contribution in [1.82, 2.24) is 9.47 Å². The Balaban J connectivity index is 1.50. The molecule has 2 fully saturated rings. The normalized spacial score (nSPS) is 26.6. The van der Waals surface area contributed by atoms with Crippen LogP contribution in [0.15, 0.2) is 30.5 Å². The lowest BCUT2D eigenvalue weighted by Crippen LogP contribution is -2.53. The Labute approximate surface area is 141 Å². The number of likely N-dealkylation sites (tertiary alicyclic amines) is 1. The van der Waals surface area contributed by atoms with Crippen LogP contribution in [0.5, 0.6) is 5.75 Å². The predicted octanol–water partition coefficient (Wildman–Crippen LogP) is 2.27. The molecular weight excluding hydrogens is 304 g/mol. The first kappa shape index (κ1) is 15.5. The lowest BCUT2D eigenvalue weighted by atomic mass is 9.75. The fraction of sp³-hybridized carbons (Fsp3) is 0.526. The van der Waals surface area contributed by atoms with E-state index in [0.717, 1.165) is 29.5 Å². The number of piperidine rings is 1. The van der Waals surface area contributed by atoms with E-state index in [1.165, 1.54) is 6.42 Å². The number of hydrogen-bond acceptors (Lipinski definition) is 3. The summed E-state index contributed by atoms with van der Waals surface area (Å²) in [7, 11) is 1.66. The van der Waals surface area contributed by atoms with E-state index in [0.29, 0.717) is 19.6 Å². The van der Waals surface area contributed by atoms with E-state index in [4.69, 9.17) is 4.74 Å². The highest BCUT2D eigenvalue weighted by molar-refractivity contribution is 5.84. The zero-order chi connectivity index (χ0) is 16.7. The van der Waals surface area contributed by atoms with Gasteiger partial charge in [0.05, 0.1) is 13.2 Å². The minimum Gasteiger partial charge on any atom is -0.497 e. The minimum absolute atomic E-state index is 0.145. The van der Waals surface area contributed by atoms with Gasteiger partial charge in [0.2, 0.25) is 5.91 Å². The van der Waals surface area contributed by atoms with Crippen molar-refractivity contribution in [3.05, 3.63) is 30.5 Å². The van der Waals surface area contributed by atoms with Crippen LogP contribution in [0.3, 0.4) is 0 Å². The highest BCUT2D eigenvalue weighted by atomic mass is 16.5. The Kier molecular flexibility index (Phi) is 3.96. The Bertz CT molecular complexity index is 740. The molecule has 5 heteroatoms. The molecule has 24 heavy (non-hydrogen) atoms. The molecule has 1 unspecified atom stereocenters. The Hall–Kier alpha value is -2.01. The topological polar surface area (TPSA) is 54.7 Å². The fourth-order valence-corrected chi connectivity index (χ4v) is 4.30. The number of aliphatic hydroxyl groups is 1. The SMILES string of the molecule is COc1ccc2c(ccn2CC(=O)N2C[C@H]3CCC[C@@H](C2)C3O)c1. The maximum absolute atomic E-state index is 12.8. The summed E-state index contributed by atoms with van der Waals surface area (Å²) < 4.78 is 7.25. The average Bonchev–Trinajstić information content (AvgIpc) is 2.96. The summed E-state index contributed by atoms with van der Waals surface area (Å²) in [5, 5.41) is 11.4. The van der Waals surface area contributed by atoms with Gasteiger partial charge in [-0.3, -0.25) is 4.79 Å². The number of aliphatic hydroxyl groups excluding tert-OH is 1. The van der Waals surface area contributed by atoms with Crippen LogP contribution < -0.4 is 4.74 Å². The lowest BCUT2D eigenvalue weighted by Gasteiger charge is -2.45. The second-order valence-corrected chi connectivity index (χ2v) is 7.11. The van der Waals surface area contributed by atoms with Crippen LogP contribution in [0.4, 0.5) is 0 Å². The van der Waals surface area contributed by atoms with Crippen molar-refractivity contribution in [2.75, 3.05) is 20.2 Å². The van der Waals surface area contributed by atoms with Crippen molar-refractivity contribution in [1.29, 1.82) is 0 Å². The smallest absolute Gasteiger partial charge is 0.242 e. The molecule has 1 aromatic heterocycles. The van der Waals surface area contributed by atoms with E-state index in [1.54, 1.807) is 7.11 Å². The molecule has 2 heterocycles. The zero-order valence-corrected chi connectivity index (χ0v) is 14.0. The summed E-state index contributed by atoms with van der Waals surface area (Å²) in [5.41, 5.74) is 1.04. The van der Waals surface area contributed by atoms with Gasteiger partial charge < -0.3 is 19.3 Å². The van der Waals surface area contributed by atoms with Crippen LogP contribution >= 0.6 is 0 Å². The van der Waals surface area contributed by atoms with Gasteiger partial charge in [-0.05, 0) is 37.1 Å². The molecule has 5 nitrogen and oxygen atoms in total. The maximum Gasteiger partial charge on any atom is 0.242 e. The number of carbonyl (C=O) groups is 1. The van der Waals surface area contributed by atoms with Crippen molar-refractivity contribution < 1.29 is 14.6 Å². The second kappa shape index (κ2) is 6.13. The van der Waals surface area contributed by atoms with E-state index in [-0.39, 0.29) is 23.8 Å². The van der Waals surface area contributed by atoms with Crippen LogP contribution in [-0.2, 0) is 11.3 Å². The summed E-state index contributed by atoms with van der Waals surface area (Å²) in [6.07, 6.45) is 4.99. The average molecular weight is 328 g/mol. The van der Waals surface area contributed by atoms with Gasteiger partial charge in [-0.25, -0.2) is 0 Å². The highest BCUT2D eigenvalue weighted by Crippen LogP contribution is 2.35. The fourth-order valence-electron chi connectivity index (χ4n) is 4.30. The Morgan fingerprint density at radius 2 is 2.00 bits per heavy atom. The zero-order valence-electron chi connectivity index (χ0n) is 14.0. The van der Waals surface area contributed by atoms with Crippen molar-refractivity contribution in [3.8, 4) is 5.75 Å². The van der Waals surface area contributed by atoms with E-state index < -0.39 is 0 Å². The minimum atomic E-state index is -0.220. The lowest BCUT2D eigenvalue weighted by molar-refractivity contribution is -0.140. The molecule has 1 amide bonds. The molecule has 4 rings (SSSR count). The van der Waals surface area contributed by atoms with Gasteiger partial charge in [-0.15, -0.1) is 0 Å². The van der Waals surface area contributed by atoms with E-state index >= 15 is 0 Å². The number of carbonyl (C=O) groups excluding carboxylic acids is 1. The van der Waals surface area contributed by atoms with Gasteiger partial charge >= 0.3 is 0 Å². The molecule has 0 radical (unpaired) electrons. The van der Waals surface area contributed by atoms with E-state index in [9.17, 15) is 9.90 Å². The van der Waals surface area contributed by atoms with Crippen molar-refractivity contribution in [2.45, 2.75) is 31.9 Å². The molecule has 1 N–H and O–H groups in total. The third-order valence-corrected chi connectivity index (χ3v) is 5.66. The largest absolute Gasteiger partial charge is 0.497 e. The number of rotatable bonds is 3. The van der Waals surface area contributed by atoms with E-state index in [1.807, 2.05) is 39.9 Å². The summed E-state index contributed by atoms with van der Waals surface area (Å²) in [6, 6.07) is 7.92. The number of methoxy groups -OCH3 is 1. The van der Waals surface area contributed by atoms with Crippen LogP contribution in [0.25, 0.3) is 10.9 Å². The van der Waals surface area contributed by atoms with Crippen molar-refractivity contribution >= 4 is 16.8 Å². The molecule has 1 saturated heterocycles. The van der Waals surface area contributed by atoms with Crippen molar-refractivity contribution in [2.24, 2.45) is 11.8 Å². The van der Waals surface area contributed by atoms with Crippen LogP contribution in [0.1, 0.15) is 19.3 Å². The van der Waals surface area contributed by atoms with Crippen LogP contribution in [0, 0.1) is 11.8 Å². The monoisotopic (exact) mass is 328 g/mol. The maximum atomic E-state index is 12.8. The molecule has 1 aromatic carbocycles. The third kappa shape index (κ3) is 2.67. The predicted molar refractivity (Wildman–Crippen MR) is 91.9 cm³/mol. The number of benzene rings is 1. The molecule has 2 aliphatic rings. The highest BCUT2D eigenvalue weighted by Gasteiger charge is 2.39. The number of hydrogen-bond donors (Lipinski definition) is 1. The number of aromatic nitrogens is 1. The quantitative estimate of drug-likeness (QED) is 0.940. The molecule has 2 aromatic rings.